The van der Waals surface area contributed by atoms with E-state index in [1.807, 2.05) is 0 Å². The van der Waals surface area contributed by atoms with E-state index in [0.717, 1.165) is 45.1 Å². The third-order valence-corrected chi connectivity index (χ3v) is 7.28. The smallest absolute Gasteiger partial charge is 0.310 e. The first-order valence-corrected chi connectivity index (χ1v) is 9.02. The second-order valence-corrected chi connectivity index (χ2v) is 8.21. The zero-order valence-corrected chi connectivity index (χ0v) is 13.0. The molecule has 4 unspecified atom stereocenters. The Hall–Kier alpha value is -0.570. The first-order chi connectivity index (χ1) is 10.1. The maximum absolute atomic E-state index is 12.2. The van der Waals surface area contributed by atoms with Crippen LogP contribution in [0.15, 0.2) is 0 Å². The Bertz CT molecular complexity index is 421. The summed E-state index contributed by atoms with van der Waals surface area (Å²) in [6.45, 7) is 0.789. The molecule has 3 saturated carbocycles. The lowest BCUT2D eigenvalue weighted by atomic mass is 9.59. The molecule has 4 aliphatic rings. The summed E-state index contributed by atoms with van der Waals surface area (Å²) in [6.07, 6.45) is 12.7. The molecule has 3 aliphatic carbocycles. The van der Waals surface area contributed by atoms with Crippen LogP contribution in [0.25, 0.3) is 0 Å². The molecular formula is C18H28O3. The molecule has 1 N–H and O–H groups in total. The van der Waals surface area contributed by atoms with Gasteiger partial charge in [-0.15, -0.1) is 0 Å². The van der Waals surface area contributed by atoms with Gasteiger partial charge in [0.2, 0.25) is 0 Å². The minimum absolute atomic E-state index is 0.0332. The highest BCUT2D eigenvalue weighted by Gasteiger charge is 2.61. The first kappa shape index (κ1) is 14.0. The van der Waals surface area contributed by atoms with Crippen molar-refractivity contribution in [3.05, 3.63) is 0 Å². The van der Waals surface area contributed by atoms with Gasteiger partial charge in [-0.25, -0.2) is 0 Å². The van der Waals surface area contributed by atoms with Crippen LogP contribution in [0.5, 0.6) is 0 Å². The molecule has 3 heteroatoms. The Morgan fingerprint density at radius 3 is 2.43 bits per heavy atom. The maximum Gasteiger partial charge on any atom is 0.310 e. The first-order valence-electron chi connectivity index (χ1n) is 9.02. The van der Waals surface area contributed by atoms with Crippen molar-refractivity contribution in [3.8, 4) is 0 Å². The van der Waals surface area contributed by atoms with Crippen LogP contribution in [0.3, 0.4) is 0 Å². The van der Waals surface area contributed by atoms with Crippen molar-refractivity contribution in [3.63, 3.8) is 0 Å². The van der Waals surface area contributed by atoms with Crippen molar-refractivity contribution in [2.24, 2.45) is 23.2 Å². The molecule has 0 aromatic heterocycles. The summed E-state index contributed by atoms with van der Waals surface area (Å²) in [5.74, 6) is 1.00. The molecule has 118 valence electrons. The van der Waals surface area contributed by atoms with Crippen molar-refractivity contribution in [2.75, 3.05) is 6.61 Å². The zero-order chi connectivity index (χ0) is 14.5. The van der Waals surface area contributed by atoms with Crippen LogP contribution in [-0.4, -0.2) is 23.3 Å². The number of carbonyl (C=O) groups is 1. The SMILES string of the molecule is O=C(O)C1(C2CCOC3(CCCCC3)C2)CC2CCC1C2. The number of rotatable bonds is 2. The van der Waals surface area contributed by atoms with Crippen molar-refractivity contribution >= 4 is 5.97 Å². The van der Waals surface area contributed by atoms with E-state index in [-0.39, 0.29) is 5.60 Å². The molecule has 2 bridgehead atoms. The number of fused-ring (bicyclic) bond motifs is 2. The Labute approximate surface area is 127 Å². The Morgan fingerprint density at radius 1 is 1.00 bits per heavy atom. The van der Waals surface area contributed by atoms with Gasteiger partial charge < -0.3 is 9.84 Å². The van der Waals surface area contributed by atoms with Crippen LogP contribution in [-0.2, 0) is 9.53 Å². The number of carboxylic acid groups (broad SMARTS) is 1. The standard InChI is InChI=1S/C18H28O3/c19-16(20)18(11-13-4-5-14(18)10-13)15-6-9-21-17(12-15)7-2-1-3-8-17/h13-15H,1-12H2,(H,19,20). The molecule has 0 amide bonds. The summed E-state index contributed by atoms with van der Waals surface area (Å²) in [5.41, 5.74) is -0.372. The third-order valence-electron chi connectivity index (χ3n) is 7.28. The van der Waals surface area contributed by atoms with E-state index >= 15 is 0 Å². The summed E-state index contributed by atoms with van der Waals surface area (Å²) in [6, 6.07) is 0. The van der Waals surface area contributed by atoms with Crippen molar-refractivity contribution in [1.82, 2.24) is 0 Å². The predicted molar refractivity (Wildman–Crippen MR) is 80.0 cm³/mol. The normalized spacial score (nSPS) is 45.0. The van der Waals surface area contributed by atoms with Gasteiger partial charge >= 0.3 is 5.97 Å². The van der Waals surface area contributed by atoms with Gasteiger partial charge in [0.15, 0.2) is 0 Å². The summed E-state index contributed by atoms with van der Waals surface area (Å²) < 4.78 is 6.21. The molecule has 4 rings (SSSR count). The Morgan fingerprint density at radius 2 is 1.81 bits per heavy atom. The molecule has 1 heterocycles. The predicted octanol–water partition coefficient (Wildman–Crippen LogP) is 4.01. The summed E-state index contributed by atoms with van der Waals surface area (Å²) in [5, 5.41) is 10.1. The van der Waals surface area contributed by atoms with Crippen LogP contribution in [0, 0.1) is 23.2 Å². The van der Waals surface area contributed by atoms with E-state index in [2.05, 4.69) is 0 Å². The highest BCUT2D eigenvalue weighted by Crippen LogP contribution is 2.62. The van der Waals surface area contributed by atoms with E-state index in [1.165, 1.54) is 32.1 Å². The van der Waals surface area contributed by atoms with Gasteiger partial charge in [-0.05, 0) is 62.7 Å². The molecule has 1 spiro atoms. The van der Waals surface area contributed by atoms with Crippen LogP contribution in [0.4, 0.5) is 0 Å². The lowest BCUT2D eigenvalue weighted by Gasteiger charge is -2.50. The summed E-state index contributed by atoms with van der Waals surface area (Å²) in [7, 11) is 0. The van der Waals surface area contributed by atoms with Crippen LogP contribution in [0.2, 0.25) is 0 Å². The topological polar surface area (TPSA) is 46.5 Å². The van der Waals surface area contributed by atoms with E-state index in [9.17, 15) is 9.90 Å². The van der Waals surface area contributed by atoms with Gasteiger partial charge in [0.25, 0.3) is 0 Å². The van der Waals surface area contributed by atoms with E-state index < -0.39 is 11.4 Å². The van der Waals surface area contributed by atoms with E-state index in [0.29, 0.717) is 17.8 Å². The minimum atomic E-state index is -0.493. The van der Waals surface area contributed by atoms with Crippen LogP contribution in [0.1, 0.15) is 70.6 Å². The second-order valence-electron chi connectivity index (χ2n) is 8.21. The molecular weight excluding hydrogens is 264 g/mol. The number of hydrogen-bond acceptors (Lipinski definition) is 2. The van der Waals surface area contributed by atoms with Gasteiger partial charge in [0, 0.05) is 6.61 Å². The summed E-state index contributed by atoms with van der Waals surface area (Å²) in [4.78, 5) is 12.2. The Balaban J connectivity index is 1.60. The molecule has 4 fully saturated rings. The van der Waals surface area contributed by atoms with E-state index in [4.69, 9.17) is 4.74 Å². The molecule has 0 aromatic carbocycles. The lowest BCUT2D eigenvalue weighted by Crippen LogP contribution is -2.51. The highest BCUT2D eigenvalue weighted by molar-refractivity contribution is 5.76. The highest BCUT2D eigenvalue weighted by atomic mass is 16.5. The molecule has 4 atom stereocenters. The zero-order valence-electron chi connectivity index (χ0n) is 13.0. The lowest BCUT2D eigenvalue weighted by molar-refractivity contribution is -0.174. The molecule has 1 aliphatic heterocycles. The number of hydrogen-bond donors (Lipinski definition) is 1. The largest absolute Gasteiger partial charge is 0.481 e. The fourth-order valence-corrected chi connectivity index (χ4v) is 6.32. The van der Waals surface area contributed by atoms with Gasteiger partial charge in [-0.1, -0.05) is 25.7 Å². The maximum atomic E-state index is 12.2. The van der Waals surface area contributed by atoms with Gasteiger partial charge in [0.05, 0.1) is 11.0 Å². The van der Waals surface area contributed by atoms with Crippen molar-refractivity contribution in [2.45, 2.75) is 76.2 Å². The van der Waals surface area contributed by atoms with Crippen LogP contribution < -0.4 is 0 Å². The van der Waals surface area contributed by atoms with Crippen LogP contribution >= 0.6 is 0 Å². The monoisotopic (exact) mass is 292 g/mol. The van der Waals surface area contributed by atoms with Gasteiger partial charge in [-0.3, -0.25) is 4.79 Å². The van der Waals surface area contributed by atoms with E-state index in [1.54, 1.807) is 0 Å². The number of carboxylic acids is 1. The third kappa shape index (κ3) is 2.07. The molecule has 3 nitrogen and oxygen atoms in total. The van der Waals surface area contributed by atoms with Crippen molar-refractivity contribution in [1.29, 1.82) is 0 Å². The van der Waals surface area contributed by atoms with Gasteiger partial charge in [0.1, 0.15) is 0 Å². The molecule has 0 radical (unpaired) electrons. The minimum Gasteiger partial charge on any atom is -0.481 e. The molecule has 0 aromatic rings. The molecule has 21 heavy (non-hydrogen) atoms. The second kappa shape index (κ2) is 4.97. The number of aliphatic carboxylic acids is 1. The van der Waals surface area contributed by atoms with Gasteiger partial charge in [-0.2, -0.15) is 0 Å². The average Bonchev–Trinajstić information content (AvgIpc) is 3.09. The fourth-order valence-electron chi connectivity index (χ4n) is 6.32. The quantitative estimate of drug-likeness (QED) is 0.836. The summed E-state index contributed by atoms with van der Waals surface area (Å²) >= 11 is 0. The van der Waals surface area contributed by atoms with Crippen molar-refractivity contribution < 1.29 is 14.6 Å². The average molecular weight is 292 g/mol. The fraction of sp³-hybridized carbons (Fsp3) is 0.944. The Kier molecular flexibility index (Phi) is 3.33. The number of ether oxygens (including phenoxy) is 1. The molecule has 1 saturated heterocycles.